The Morgan fingerprint density at radius 3 is 2.47 bits per heavy atom. The second-order valence-electron chi connectivity index (χ2n) is 10.8. The maximum Gasteiger partial charge on any atom is 0.258 e. The number of fused-ring (bicyclic) bond motifs is 2. The number of nitrogens with two attached hydrogens (primary N) is 1. The molecule has 2 saturated carbocycles. The van der Waals surface area contributed by atoms with E-state index in [0.717, 1.165) is 32.1 Å². The molecule has 2 aliphatic rings. The van der Waals surface area contributed by atoms with Crippen molar-refractivity contribution in [3.8, 4) is 5.88 Å². The number of primary amides is 1. The maximum absolute atomic E-state index is 13.4. The molecule has 9 nitrogen and oxygen atoms in total. The van der Waals surface area contributed by atoms with Crippen molar-refractivity contribution in [1.82, 2.24) is 20.4 Å². The predicted octanol–water partition coefficient (Wildman–Crippen LogP) is 2.71. The number of nitrogens with one attached hydrogen (secondary N) is 2. The number of amides is 3. The molecule has 1 heterocycles. The molecule has 2 bridgehead atoms. The van der Waals surface area contributed by atoms with Crippen LogP contribution in [0.25, 0.3) is 6.20 Å². The van der Waals surface area contributed by atoms with Gasteiger partial charge in [-0.15, -0.1) is 0 Å². The number of aromatic nitrogens is 2. The van der Waals surface area contributed by atoms with Crippen LogP contribution in [-0.4, -0.2) is 45.7 Å². The van der Waals surface area contributed by atoms with Gasteiger partial charge in [-0.1, -0.05) is 20.3 Å². The molecule has 2 fully saturated rings. The maximum atomic E-state index is 13.4. The molecule has 34 heavy (non-hydrogen) atoms. The fourth-order valence-electron chi connectivity index (χ4n) is 5.19. The van der Waals surface area contributed by atoms with Crippen LogP contribution in [0.3, 0.4) is 0 Å². The zero-order valence-corrected chi connectivity index (χ0v) is 21.0. The largest absolute Gasteiger partial charge is 0.477 e. The fourth-order valence-corrected chi connectivity index (χ4v) is 5.19. The highest BCUT2D eigenvalue weighted by Crippen LogP contribution is 2.43. The molecule has 4 atom stereocenters. The van der Waals surface area contributed by atoms with Crippen molar-refractivity contribution in [2.75, 3.05) is 6.61 Å². The lowest BCUT2D eigenvalue weighted by atomic mass is 9.64. The minimum atomic E-state index is -0.591. The summed E-state index contributed by atoms with van der Waals surface area (Å²) in [5.74, 6) is 0.445. The number of hydrogen-bond acceptors (Lipinski definition) is 5. The van der Waals surface area contributed by atoms with Gasteiger partial charge in [0, 0.05) is 25.1 Å². The average Bonchev–Trinajstić information content (AvgIpc) is 3.12. The van der Waals surface area contributed by atoms with Crippen molar-refractivity contribution in [2.24, 2.45) is 29.4 Å². The summed E-state index contributed by atoms with van der Waals surface area (Å²) in [5, 5.41) is 10.5. The van der Waals surface area contributed by atoms with Crippen molar-refractivity contribution in [3.63, 3.8) is 0 Å². The van der Waals surface area contributed by atoms with Gasteiger partial charge in [0.2, 0.25) is 17.7 Å². The van der Waals surface area contributed by atoms with Crippen molar-refractivity contribution in [2.45, 2.75) is 78.3 Å². The Morgan fingerprint density at radius 2 is 1.91 bits per heavy atom. The highest BCUT2D eigenvalue weighted by atomic mass is 16.5. The van der Waals surface area contributed by atoms with Crippen LogP contribution >= 0.6 is 0 Å². The predicted molar refractivity (Wildman–Crippen MR) is 130 cm³/mol. The van der Waals surface area contributed by atoms with Gasteiger partial charge < -0.3 is 21.1 Å². The Labute approximate surface area is 201 Å². The highest BCUT2D eigenvalue weighted by Gasteiger charge is 2.43. The molecular formula is C25H39N5O4. The lowest BCUT2D eigenvalue weighted by Gasteiger charge is -2.45. The van der Waals surface area contributed by atoms with Crippen LogP contribution in [0, 0.1) is 23.7 Å². The van der Waals surface area contributed by atoms with Crippen LogP contribution in [0.2, 0.25) is 0 Å². The van der Waals surface area contributed by atoms with Gasteiger partial charge in [-0.3, -0.25) is 14.4 Å². The Bertz CT molecular complexity index is 922. The van der Waals surface area contributed by atoms with Gasteiger partial charge in [-0.2, -0.15) is 5.10 Å². The quantitative estimate of drug-likeness (QED) is 0.508. The first kappa shape index (κ1) is 25.8. The van der Waals surface area contributed by atoms with E-state index in [-0.39, 0.29) is 47.4 Å². The number of ether oxygens (including phenoxy) is 1. The Balaban J connectivity index is 1.80. The molecule has 2 unspecified atom stereocenters. The third kappa shape index (κ3) is 6.39. The third-order valence-corrected chi connectivity index (χ3v) is 6.72. The SMILES string of the molecule is CC(=O)NC(C)(C)/C=C/n1ncc(C(=O)NC2C3CCC[C@H]2C[C@@H](C(N)=O)C3)c1OCC(C)C. The standard InChI is InChI=1S/C25H39N5O4/c1-15(2)14-34-24-20(13-27-30(24)10-9-25(4,5)29-16(3)31)23(33)28-21-17-7-6-8-18(21)12-19(11-17)22(26)32/h9-10,13,15,17-19,21H,6-8,11-12,14H2,1-5H3,(H2,26,32)(H,28,33)(H,29,31)/b10-9+/t17-,18?,19+,21?/m0/s1. The molecule has 3 rings (SSSR count). The molecule has 0 aromatic carbocycles. The highest BCUT2D eigenvalue weighted by molar-refractivity contribution is 5.96. The van der Waals surface area contributed by atoms with E-state index in [4.69, 9.17) is 10.5 Å². The average molecular weight is 474 g/mol. The summed E-state index contributed by atoms with van der Waals surface area (Å²) in [4.78, 5) is 36.6. The van der Waals surface area contributed by atoms with E-state index in [1.807, 2.05) is 27.7 Å². The molecular weight excluding hydrogens is 434 g/mol. The van der Waals surface area contributed by atoms with Gasteiger partial charge in [-0.25, -0.2) is 4.68 Å². The Morgan fingerprint density at radius 1 is 1.26 bits per heavy atom. The van der Waals surface area contributed by atoms with Crippen LogP contribution in [0.4, 0.5) is 0 Å². The lowest BCUT2D eigenvalue weighted by molar-refractivity contribution is -0.124. The van der Waals surface area contributed by atoms with Crippen molar-refractivity contribution in [3.05, 3.63) is 17.8 Å². The lowest BCUT2D eigenvalue weighted by Crippen LogP contribution is -2.52. The normalized spacial score (nSPS) is 24.8. The molecule has 188 valence electrons. The molecule has 9 heteroatoms. The van der Waals surface area contributed by atoms with E-state index in [1.165, 1.54) is 17.8 Å². The van der Waals surface area contributed by atoms with Gasteiger partial charge in [0.05, 0.1) is 18.3 Å². The van der Waals surface area contributed by atoms with Crippen LogP contribution in [0.1, 0.15) is 77.1 Å². The molecule has 1 aromatic heterocycles. The first-order valence-corrected chi connectivity index (χ1v) is 12.3. The van der Waals surface area contributed by atoms with E-state index in [1.54, 1.807) is 12.3 Å². The number of carbonyl (C=O) groups is 3. The molecule has 0 aliphatic heterocycles. The smallest absolute Gasteiger partial charge is 0.258 e. The number of hydrogen-bond donors (Lipinski definition) is 3. The minimum Gasteiger partial charge on any atom is -0.477 e. The van der Waals surface area contributed by atoms with Crippen molar-refractivity contribution in [1.29, 1.82) is 0 Å². The van der Waals surface area contributed by atoms with E-state index >= 15 is 0 Å². The summed E-state index contributed by atoms with van der Waals surface area (Å²) in [7, 11) is 0. The summed E-state index contributed by atoms with van der Waals surface area (Å²) >= 11 is 0. The fraction of sp³-hybridized carbons (Fsp3) is 0.680. The molecule has 1 aromatic rings. The number of nitrogens with zero attached hydrogens (tertiary/aromatic N) is 2. The zero-order valence-electron chi connectivity index (χ0n) is 21.0. The van der Waals surface area contributed by atoms with E-state index in [2.05, 4.69) is 15.7 Å². The monoisotopic (exact) mass is 473 g/mol. The van der Waals surface area contributed by atoms with E-state index in [0.29, 0.717) is 18.1 Å². The van der Waals surface area contributed by atoms with Gasteiger partial charge in [0.1, 0.15) is 5.56 Å². The van der Waals surface area contributed by atoms with E-state index < -0.39 is 5.54 Å². The second kappa shape index (κ2) is 10.6. The summed E-state index contributed by atoms with van der Waals surface area (Å²) in [5.41, 5.74) is 5.37. The van der Waals surface area contributed by atoms with Crippen molar-refractivity contribution < 1.29 is 19.1 Å². The number of carbonyl (C=O) groups excluding carboxylic acids is 3. The van der Waals surface area contributed by atoms with Gasteiger partial charge in [-0.05, 0) is 63.4 Å². The first-order chi connectivity index (χ1) is 16.0. The molecule has 0 spiro atoms. The summed E-state index contributed by atoms with van der Waals surface area (Å²) in [6, 6.07) is 0.0207. The number of rotatable bonds is 9. The minimum absolute atomic E-state index is 0.0207. The van der Waals surface area contributed by atoms with Gasteiger partial charge in [0.15, 0.2) is 0 Å². The molecule has 2 aliphatic carbocycles. The van der Waals surface area contributed by atoms with Crippen LogP contribution in [0.5, 0.6) is 5.88 Å². The summed E-state index contributed by atoms with van der Waals surface area (Å²) in [6.45, 7) is 9.72. The summed E-state index contributed by atoms with van der Waals surface area (Å²) in [6.07, 6.45) is 9.58. The molecule has 0 radical (unpaired) electrons. The second-order valence-corrected chi connectivity index (χ2v) is 10.8. The molecule has 4 N–H and O–H groups in total. The van der Waals surface area contributed by atoms with Gasteiger partial charge >= 0.3 is 0 Å². The van der Waals surface area contributed by atoms with E-state index in [9.17, 15) is 14.4 Å². The molecule has 0 saturated heterocycles. The summed E-state index contributed by atoms with van der Waals surface area (Å²) < 4.78 is 7.54. The Kier molecular flexibility index (Phi) is 8.05. The van der Waals surface area contributed by atoms with Crippen LogP contribution in [-0.2, 0) is 9.59 Å². The van der Waals surface area contributed by atoms with Crippen LogP contribution < -0.4 is 21.1 Å². The van der Waals surface area contributed by atoms with Crippen LogP contribution in [0.15, 0.2) is 12.3 Å². The molecule has 3 amide bonds. The first-order valence-electron chi connectivity index (χ1n) is 12.3. The van der Waals surface area contributed by atoms with Gasteiger partial charge in [0.25, 0.3) is 5.91 Å². The Hall–Kier alpha value is -2.84. The third-order valence-electron chi connectivity index (χ3n) is 6.72. The van der Waals surface area contributed by atoms with Crippen molar-refractivity contribution >= 4 is 23.9 Å². The zero-order chi connectivity index (χ0) is 25.0. The topological polar surface area (TPSA) is 128 Å².